The largest absolute Gasteiger partial charge is 0.419 e. The number of aliphatic hydroxyl groups is 1. The van der Waals surface area contributed by atoms with Gasteiger partial charge in [-0.3, -0.25) is 0 Å². The number of alkyl halides is 3. The van der Waals surface area contributed by atoms with E-state index >= 15 is 0 Å². The lowest BCUT2D eigenvalue weighted by atomic mass is 10.0. The van der Waals surface area contributed by atoms with Crippen LogP contribution in [0.15, 0.2) is 28.8 Å². The molecule has 0 radical (unpaired) electrons. The summed E-state index contributed by atoms with van der Waals surface area (Å²) in [6, 6.07) is 1.69. The predicted octanol–water partition coefficient (Wildman–Crippen LogP) is 4.22. The molecular weight excluding hydrogens is 304 g/mol. The summed E-state index contributed by atoms with van der Waals surface area (Å²) in [7, 11) is 0. The number of aliphatic hydroxyl groups excluding tert-OH is 1. The minimum atomic E-state index is -4.78. The SMILES string of the molecule is C/C=C/C(O)c1c(Br)ccc(C(F)(F)F)c1F. The molecule has 1 unspecified atom stereocenters. The van der Waals surface area contributed by atoms with Crippen molar-refractivity contribution in [1.82, 2.24) is 0 Å². The van der Waals surface area contributed by atoms with Crippen LogP contribution in [-0.2, 0) is 6.18 Å². The minimum absolute atomic E-state index is 0.0913. The third-order valence-corrected chi connectivity index (χ3v) is 2.79. The van der Waals surface area contributed by atoms with E-state index in [2.05, 4.69) is 15.9 Å². The van der Waals surface area contributed by atoms with E-state index in [-0.39, 0.29) is 4.47 Å². The van der Waals surface area contributed by atoms with Gasteiger partial charge in [0.2, 0.25) is 0 Å². The van der Waals surface area contributed by atoms with Gasteiger partial charge in [0, 0.05) is 10.0 Å². The van der Waals surface area contributed by atoms with Gasteiger partial charge in [-0.15, -0.1) is 0 Å². The van der Waals surface area contributed by atoms with Crippen LogP contribution in [0, 0.1) is 5.82 Å². The predicted molar refractivity (Wildman–Crippen MR) is 58.9 cm³/mol. The fourth-order valence-electron chi connectivity index (χ4n) is 1.34. The zero-order chi connectivity index (χ0) is 13.2. The molecule has 94 valence electrons. The first-order valence-corrected chi connectivity index (χ1v) is 5.44. The Morgan fingerprint density at radius 3 is 2.41 bits per heavy atom. The molecule has 0 bridgehead atoms. The van der Waals surface area contributed by atoms with Crippen LogP contribution in [0.25, 0.3) is 0 Å². The number of hydrogen-bond acceptors (Lipinski definition) is 1. The first-order chi connectivity index (χ1) is 7.79. The van der Waals surface area contributed by atoms with Crippen molar-refractivity contribution in [3.05, 3.63) is 45.7 Å². The molecule has 0 saturated carbocycles. The second-order valence-corrected chi connectivity index (χ2v) is 4.15. The quantitative estimate of drug-likeness (QED) is 0.640. The Hall–Kier alpha value is -0.880. The van der Waals surface area contributed by atoms with Crippen LogP contribution in [0.3, 0.4) is 0 Å². The van der Waals surface area contributed by atoms with Gasteiger partial charge in [-0.1, -0.05) is 28.1 Å². The van der Waals surface area contributed by atoms with E-state index < -0.39 is 29.2 Å². The molecule has 0 aliphatic heterocycles. The van der Waals surface area contributed by atoms with Gasteiger partial charge in [0.1, 0.15) is 11.9 Å². The van der Waals surface area contributed by atoms with E-state index in [1.165, 1.54) is 12.2 Å². The lowest BCUT2D eigenvalue weighted by Gasteiger charge is -2.15. The summed E-state index contributed by atoms with van der Waals surface area (Å²) in [5, 5.41) is 9.55. The molecule has 0 aliphatic rings. The number of allylic oxidation sites excluding steroid dienone is 1. The van der Waals surface area contributed by atoms with Crippen LogP contribution in [0.1, 0.15) is 24.2 Å². The third kappa shape index (κ3) is 3.07. The molecule has 1 atom stereocenters. The third-order valence-electron chi connectivity index (χ3n) is 2.10. The van der Waals surface area contributed by atoms with Crippen molar-refractivity contribution in [3.63, 3.8) is 0 Å². The summed E-state index contributed by atoms with van der Waals surface area (Å²) in [6.07, 6.45) is -3.58. The van der Waals surface area contributed by atoms with Gasteiger partial charge in [0.05, 0.1) is 5.56 Å². The molecule has 0 fully saturated rings. The molecule has 6 heteroatoms. The second kappa shape index (κ2) is 5.18. The maximum absolute atomic E-state index is 13.7. The molecule has 0 aromatic heterocycles. The highest BCUT2D eigenvalue weighted by atomic mass is 79.9. The summed E-state index contributed by atoms with van der Waals surface area (Å²) in [4.78, 5) is 0. The van der Waals surface area contributed by atoms with Gasteiger partial charge in [0.25, 0.3) is 0 Å². The van der Waals surface area contributed by atoms with Gasteiger partial charge in [0.15, 0.2) is 0 Å². The Morgan fingerprint density at radius 1 is 1.35 bits per heavy atom. The topological polar surface area (TPSA) is 20.2 Å². The van der Waals surface area contributed by atoms with Gasteiger partial charge in [-0.05, 0) is 19.1 Å². The Labute approximate surface area is 104 Å². The normalized spacial score (nSPS) is 14.3. The van der Waals surface area contributed by atoms with Gasteiger partial charge >= 0.3 is 6.18 Å². The molecule has 1 rings (SSSR count). The Morgan fingerprint density at radius 2 is 1.94 bits per heavy atom. The summed E-state index contributed by atoms with van der Waals surface area (Å²) in [5.41, 5.74) is -1.81. The molecule has 0 heterocycles. The van der Waals surface area contributed by atoms with Crippen molar-refractivity contribution in [2.45, 2.75) is 19.2 Å². The molecule has 17 heavy (non-hydrogen) atoms. The highest BCUT2D eigenvalue weighted by Crippen LogP contribution is 2.37. The van der Waals surface area contributed by atoms with Gasteiger partial charge in [-0.2, -0.15) is 13.2 Å². The Kier molecular flexibility index (Phi) is 4.32. The molecule has 0 amide bonds. The van der Waals surface area contributed by atoms with Crippen molar-refractivity contribution < 1.29 is 22.7 Å². The number of benzene rings is 1. The van der Waals surface area contributed by atoms with Crippen molar-refractivity contribution in [1.29, 1.82) is 0 Å². The molecule has 1 aromatic carbocycles. The smallest absolute Gasteiger partial charge is 0.384 e. The number of hydrogen-bond donors (Lipinski definition) is 1. The number of halogens is 5. The van der Waals surface area contributed by atoms with Crippen molar-refractivity contribution in [2.24, 2.45) is 0 Å². The fraction of sp³-hybridized carbons (Fsp3) is 0.273. The maximum Gasteiger partial charge on any atom is 0.419 e. The zero-order valence-corrected chi connectivity index (χ0v) is 10.3. The van der Waals surface area contributed by atoms with E-state index in [9.17, 15) is 22.7 Å². The molecular formula is C11H9BrF4O. The van der Waals surface area contributed by atoms with Crippen LogP contribution in [0.2, 0.25) is 0 Å². The standard InChI is InChI=1S/C11H9BrF4O/c1-2-3-8(17)9-7(12)5-4-6(10(9)13)11(14,15)16/h2-5,8,17H,1H3/b3-2+. The van der Waals surface area contributed by atoms with Crippen molar-refractivity contribution in [2.75, 3.05) is 0 Å². The van der Waals surface area contributed by atoms with Crippen LogP contribution < -0.4 is 0 Å². The molecule has 1 N–H and O–H groups in total. The first kappa shape index (κ1) is 14.2. The van der Waals surface area contributed by atoms with Crippen molar-refractivity contribution in [3.8, 4) is 0 Å². The van der Waals surface area contributed by atoms with Crippen LogP contribution >= 0.6 is 15.9 Å². The highest BCUT2D eigenvalue weighted by Gasteiger charge is 2.36. The Bertz CT molecular complexity index is 440. The highest BCUT2D eigenvalue weighted by molar-refractivity contribution is 9.10. The molecule has 0 spiro atoms. The average Bonchev–Trinajstić information content (AvgIpc) is 2.15. The molecule has 0 saturated heterocycles. The Balaban J connectivity index is 3.40. The van der Waals surface area contributed by atoms with E-state index in [4.69, 9.17) is 0 Å². The van der Waals surface area contributed by atoms with E-state index in [0.29, 0.717) is 6.07 Å². The lowest BCUT2D eigenvalue weighted by Crippen LogP contribution is -2.11. The van der Waals surface area contributed by atoms with Crippen LogP contribution in [0.4, 0.5) is 17.6 Å². The second-order valence-electron chi connectivity index (χ2n) is 3.29. The van der Waals surface area contributed by atoms with Gasteiger partial charge < -0.3 is 5.11 Å². The number of rotatable bonds is 2. The van der Waals surface area contributed by atoms with Crippen molar-refractivity contribution >= 4 is 15.9 Å². The molecule has 0 aliphatic carbocycles. The molecule has 1 nitrogen and oxygen atoms in total. The van der Waals surface area contributed by atoms with Gasteiger partial charge in [-0.25, -0.2) is 4.39 Å². The van der Waals surface area contributed by atoms with E-state index in [0.717, 1.165) is 6.07 Å². The fourth-order valence-corrected chi connectivity index (χ4v) is 1.88. The first-order valence-electron chi connectivity index (χ1n) is 4.65. The minimum Gasteiger partial charge on any atom is -0.384 e. The summed E-state index contributed by atoms with van der Waals surface area (Å²) in [5.74, 6) is -1.46. The maximum atomic E-state index is 13.7. The van der Waals surface area contributed by atoms with Crippen LogP contribution in [0.5, 0.6) is 0 Å². The summed E-state index contributed by atoms with van der Waals surface area (Å²) >= 11 is 2.92. The van der Waals surface area contributed by atoms with E-state index in [1.54, 1.807) is 6.92 Å². The van der Waals surface area contributed by atoms with E-state index in [1.807, 2.05) is 0 Å². The summed E-state index contributed by atoms with van der Waals surface area (Å²) < 4.78 is 51.1. The lowest BCUT2D eigenvalue weighted by molar-refractivity contribution is -0.140. The average molecular weight is 313 g/mol. The zero-order valence-electron chi connectivity index (χ0n) is 8.72. The van der Waals surface area contributed by atoms with Crippen LogP contribution in [-0.4, -0.2) is 5.11 Å². The molecule has 1 aromatic rings. The summed E-state index contributed by atoms with van der Waals surface area (Å²) in [6.45, 7) is 1.57. The monoisotopic (exact) mass is 312 g/mol.